The first-order chi connectivity index (χ1) is 31.5. The van der Waals surface area contributed by atoms with E-state index < -0.39 is 11.8 Å². The van der Waals surface area contributed by atoms with Gasteiger partial charge in [-0.15, -0.1) is 22.7 Å². The van der Waals surface area contributed by atoms with E-state index in [1.807, 2.05) is 0 Å². The molecule has 0 N–H and O–H groups in total. The standard InChI is InChI=1S/C25H23N3O4S.C24H23BrN2O4S/c1-26-16-12-15-17-19-18(16)23(30)28(14-10-6-3-7-11-14)25(32)21(19)33-20(17)24(31)27(22(15)29)13-8-4-2-5-9-13;25-15-11-14-16-18-17(15)22(29)27(13-9-5-2-6-10-13)24(31)20(18)32-19(16)23(30)26(21(14)28)12-7-3-1-4-8-12/h12-14H,2-11H2;11-13H,1-10H2. The van der Waals surface area contributed by atoms with Gasteiger partial charge in [-0.25, -0.2) is 4.85 Å². The summed E-state index contributed by atoms with van der Waals surface area (Å²) in [7, 11) is 0. The topological polar surface area (TPSA) is 154 Å². The first-order valence-electron chi connectivity index (χ1n) is 23.3. The van der Waals surface area contributed by atoms with Crippen molar-refractivity contribution in [2.45, 2.75) is 153 Å². The fourth-order valence-electron chi connectivity index (χ4n) is 12.1. The van der Waals surface area contributed by atoms with E-state index in [1.165, 1.54) is 25.7 Å². The molecule has 0 unspecified atom stereocenters. The monoisotopic (exact) mass is 975 g/mol. The second kappa shape index (κ2) is 16.3. The molecule has 13 nitrogen and oxygen atoms in total. The van der Waals surface area contributed by atoms with Gasteiger partial charge in [-0.2, -0.15) is 0 Å². The lowest BCUT2D eigenvalue weighted by molar-refractivity contribution is 0.0488. The van der Waals surface area contributed by atoms with Gasteiger partial charge in [-0.05, 0) is 79.4 Å². The van der Waals surface area contributed by atoms with Gasteiger partial charge in [0, 0.05) is 55.7 Å². The number of thiophene rings is 2. The number of amides is 8. The van der Waals surface area contributed by atoms with E-state index in [0.717, 1.165) is 151 Å². The smallest absolute Gasteiger partial charge is 0.271 e. The third-order valence-corrected chi connectivity index (χ3v) is 18.2. The maximum Gasteiger partial charge on any atom is 0.271 e. The number of carbonyl (C=O) groups is 8. The largest absolute Gasteiger partial charge is 0.272 e. The molecule has 2 aromatic carbocycles. The molecule has 0 saturated heterocycles. The van der Waals surface area contributed by atoms with E-state index in [4.69, 9.17) is 6.57 Å². The predicted octanol–water partition coefficient (Wildman–Crippen LogP) is 10.8. The van der Waals surface area contributed by atoms with E-state index in [9.17, 15) is 38.4 Å². The average Bonchev–Trinajstić information content (AvgIpc) is 3.93. The SMILES string of the molecule is O=C1c2cc(Br)c3c4c(sc(c24)C(=O)N1C1CCCCC1)C(=O)N(C1CCCCC1)C3=O.[C-]#[N+]c1cc2c3c(sc4c3c1C(=O)N(C1CCCCC1)C4=O)C(=O)N(C1CCCCC1)C2=O. The highest BCUT2D eigenvalue weighted by molar-refractivity contribution is 9.10. The lowest BCUT2D eigenvalue weighted by Gasteiger charge is -2.36. The van der Waals surface area contributed by atoms with Gasteiger partial charge in [-0.1, -0.05) is 77.0 Å². The minimum Gasteiger partial charge on any atom is -0.272 e. The number of carbonyl (C=O) groups excluding carboxylic acids is 8. The third-order valence-electron chi connectivity index (χ3n) is 15.2. The zero-order valence-corrected chi connectivity index (χ0v) is 39.0. The zero-order chi connectivity index (χ0) is 45.0. The Morgan fingerprint density at radius 3 is 1.09 bits per heavy atom. The second-order valence-electron chi connectivity index (χ2n) is 18.8. The van der Waals surface area contributed by atoms with Crippen LogP contribution < -0.4 is 0 Å². The molecular weight excluding hydrogens is 931 g/mol. The van der Waals surface area contributed by atoms with Gasteiger partial charge in [0.05, 0.1) is 23.3 Å². The summed E-state index contributed by atoms with van der Waals surface area (Å²) in [6.45, 7) is 7.74. The zero-order valence-electron chi connectivity index (χ0n) is 35.8. The minimum atomic E-state index is -0.462. The lowest BCUT2D eigenvalue weighted by atomic mass is 9.87. The number of nitrogens with zero attached hydrogens (tertiary/aromatic N) is 5. The van der Waals surface area contributed by atoms with Crippen LogP contribution in [0.3, 0.4) is 0 Å². The number of imide groups is 4. The van der Waals surface area contributed by atoms with Crippen LogP contribution >= 0.6 is 38.6 Å². The molecule has 334 valence electrons. The Labute approximate surface area is 391 Å². The Hall–Kier alpha value is -5.11. The van der Waals surface area contributed by atoms with Crippen molar-refractivity contribution < 1.29 is 38.4 Å². The fourth-order valence-corrected chi connectivity index (χ4v) is 15.1. The number of halogens is 1. The van der Waals surface area contributed by atoms with E-state index in [0.29, 0.717) is 56.7 Å². The quantitative estimate of drug-likeness (QED) is 0.145. The second-order valence-corrected chi connectivity index (χ2v) is 21.7. The Balaban J connectivity index is 0.000000144. The van der Waals surface area contributed by atoms with Gasteiger partial charge >= 0.3 is 0 Å². The molecule has 2 aromatic heterocycles. The highest BCUT2D eigenvalue weighted by Gasteiger charge is 2.49. The van der Waals surface area contributed by atoms with Crippen LogP contribution in [0.1, 0.15) is 209 Å². The molecule has 4 aromatic rings. The van der Waals surface area contributed by atoms with Crippen LogP contribution in [0.15, 0.2) is 16.6 Å². The van der Waals surface area contributed by atoms with Crippen molar-refractivity contribution in [1.82, 2.24) is 19.6 Å². The van der Waals surface area contributed by atoms with E-state index in [-0.39, 0.29) is 76.4 Å². The summed E-state index contributed by atoms with van der Waals surface area (Å²) in [5.41, 5.74) is 1.38. The molecule has 0 radical (unpaired) electrons. The summed E-state index contributed by atoms with van der Waals surface area (Å²) in [5.74, 6) is -2.87. The summed E-state index contributed by atoms with van der Waals surface area (Å²) in [5, 5.41) is 1.71. The molecule has 4 aliphatic heterocycles. The van der Waals surface area contributed by atoms with Crippen molar-refractivity contribution >= 4 is 113 Å². The summed E-state index contributed by atoms with van der Waals surface area (Å²) >= 11 is 5.78. The molecule has 0 atom stereocenters. The Morgan fingerprint density at radius 1 is 0.415 bits per heavy atom. The van der Waals surface area contributed by atoms with Crippen molar-refractivity contribution in [2.75, 3.05) is 0 Å². The first kappa shape index (κ1) is 42.5. The van der Waals surface area contributed by atoms with Crippen LogP contribution in [0, 0.1) is 6.57 Å². The molecule has 4 fully saturated rings. The van der Waals surface area contributed by atoms with Gasteiger partial charge in [0.2, 0.25) is 5.69 Å². The van der Waals surface area contributed by atoms with Crippen molar-refractivity contribution in [1.29, 1.82) is 0 Å². The van der Waals surface area contributed by atoms with E-state index in [1.54, 1.807) is 6.07 Å². The highest BCUT2D eigenvalue weighted by atomic mass is 79.9. The van der Waals surface area contributed by atoms with E-state index in [2.05, 4.69) is 20.8 Å². The first-order valence-corrected chi connectivity index (χ1v) is 25.8. The van der Waals surface area contributed by atoms with Gasteiger partial charge in [0.1, 0.15) is 19.5 Å². The highest BCUT2D eigenvalue weighted by Crippen LogP contribution is 2.50. The fraction of sp³-hybridized carbons (Fsp3) is 0.490. The van der Waals surface area contributed by atoms with Crippen molar-refractivity contribution in [3.8, 4) is 0 Å². The molecule has 8 amide bonds. The molecular formula is C49H46BrN5O8S2. The number of rotatable bonds is 4. The van der Waals surface area contributed by atoms with Gasteiger partial charge in [0.25, 0.3) is 47.3 Å². The van der Waals surface area contributed by atoms with Crippen LogP contribution in [-0.2, 0) is 0 Å². The molecule has 16 heteroatoms. The molecule has 4 saturated carbocycles. The normalized spacial score (nSPS) is 22.1. The van der Waals surface area contributed by atoms with Crippen LogP contribution in [0.25, 0.3) is 26.4 Å². The maximum atomic E-state index is 13.6. The maximum absolute atomic E-state index is 13.6. The third kappa shape index (κ3) is 6.38. The molecule has 0 spiro atoms. The summed E-state index contributed by atoms with van der Waals surface area (Å²) < 4.78 is 0.523. The van der Waals surface area contributed by atoms with Gasteiger partial charge in [0.15, 0.2) is 0 Å². The van der Waals surface area contributed by atoms with Crippen LogP contribution in [0.5, 0.6) is 0 Å². The van der Waals surface area contributed by atoms with Crippen LogP contribution in [0.4, 0.5) is 5.69 Å². The number of hydrogen-bond donors (Lipinski definition) is 0. The van der Waals surface area contributed by atoms with Gasteiger partial charge in [-0.3, -0.25) is 58.0 Å². The lowest BCUT2D eigenvalue weighted by Crippen LogP contribution is -2.48. The average molecular weight is 977 g/mol. The Morgan fingerprint density at radius 2 is 0.723 bits per heavy atom. The Bertz CT molecular complexity index is 2890. The molecule has 8 aliphatic rings. The molecule has 65 heavy (non-hydrogen) atoms. The summed E-state index contributed by atoms with van der Waals surface area (Å²) in [6, 6.07) is 2.61. The predicted molar refractivity (Wildman–Crippen MR) is 247 cm³/mol. The Kier molecular flexibility index (Phi) is 10.7. The summed E-state index contributed by atoms with van der Waals surface area (Å²) in [6.07, 6.45) is 18.6. The van der Waals surface area contributed by atoms with Crippen molar-refractivity contribution in [2.24, 2.45) is 0 Å². The molecule has 0 bridgehead atoms. The molecule has 6 heterocycles. The number of hydrogen-bond acceptors (Lipinski definition) is 10. The van der Waals surface area contributed by atoms with Crippen molar-refractivity contribution in [3.63, 3.8) is 0 Å². The summed E-state index contributed by atoms with van der Waals surface area (Å²) in [4.78, 5) is 119. The van der Waals surface area contributed by atoms with Gasteiger partial charge < -0.3 is 0 Å². The molecule has 4 aliphatic carbocycles. The number of benzene rings is 2. The van der Waals surface area contributed by atoms with Crippen LogP contribution in [0.2, 0.25) is 0 Å². The van der Waals surface area contributed by atoms with E-state index >= 15 is 0 Å². The van der Waals surface area contributed by atoms with Crippen molar-refractivity contribution in [3.05, 3.63) is 69.8 Å². The minimum absolute atomic E-state index is 0.0905. The van der Waals surface area contributed by atoms with Crippen LogP contribution in [-0.4, -0.2) is 91.0 Å². The molecule has 12 rings (SSSR count).